The van der Waals surface area contributed by atoms with Crippen molar-refractivity contribution >= 4 is 5.91 Å². The quantitative estimate of drug-likeness (QED) is 0.861. The fraction of sp³-hybridized carbons (Fsp3) is 0.231. The monoisotopic (exact) mass is 229 g/mol. The van der Waals surface area contributed by atoms with Crippen LogP contribution in [0.4, 0.5) is 0 Å². The molecule has 0 atom stereocenters. The Hall–Kier alpha value is -2.10. The maximum Gasteiger partial charge on any atom is 0.251 e. The van der Waals surface area contributed by atoms with Gasteiger partial charge in [0.05, 0.1) is 5.69 Å². The van der Waals surface area contributed by atoms with Gasteiger partial charge >= 0.3 is 0 Å². The first kappa shape index (κ1) is 11.4. The highest BCUT2D eigenvalue weighted by Crippen LogP contribution is 1.98. The molecule has 2 rings (SSSR count). The lowest BCUT2D eigenvalue weighted by molar-refractivity contribution is 0.0954. The Bertz CT molecular complexity index is 490. The van der Waals surface area contributed by atoms with E-state index < -0.39 is 0 Å². The van der Waals surface area contributed by atoms with Crippen LogP contribution < -0.4 is 5.32 Å². The molecule has 0 unspecified atom stereocenters. The summed E-state index contributed by atoms with van der Waals surface area (Å²) in [6.07, 6.45) is 2.65. The third-order valence-electron chi connectivity index (χ3n) is 2.47. The molecule has 0 aliphatic rings. The van der Waals surface area contributed by atoms with Crippen LogP contribution in [0.1, 0.15) is 16.1 Å². The van der Waals surface area contributed by atoms with E-state index in [1.54, 1.807) is 16.8 Å². The van der Waals surface area contributed by atoms with Crippen LogP contribution in [0.2, 0.25) is 0 Å². The first-order chi connectivity index (χ1) is 8.25. The van der Waals surface area contributed by atoms with E-state index in [4.69, 9.17) is 0 Å². The maximum atomic E-state index is 11.7. The van der Waals surface area contributed by atoms with Crippen molar-refractivity contribution in [3.05, 3.63) is 53.9 Å². The van der Waals surface area contributed by atoms with E-state index in [9.17, 15) is 4.79 Å². The first-order valence-electron chi connectivity index (χ1n) is 5.57. The molecule has 0 saturated carbocycles. The molecule has 4 nitrogen and oxygen atoms in total. The molecule has 0 radical (unpaired) electrons. The Labute approximate surface area is 100 Å². The SMILES string of the molecule is Cn1ccc(CCNC(=O)c2ccccc2)n1. The summed E-state index contributed by atoms with van der Waals surface area (Å²) in [6.45, 7) is 0.602. The smallest absolute Gasteiger partial charge is 0.251 e. The van der Waals surface area contributed by atoms with Gasteiger partial charge in [-0.1, -0.05) is 18.2 Å². The molecule has 0 aliphatic carbocycles. The van der Waals surface area contributed by atoms with Crippen LogP contribution in [0.5, 0.6) is 0 Å². The fourth-order valence-electron chi connectivity index (χ4n) is 1.59. The lowest BCUT2D eigenvalue weighted by Gasteiger charge is -2.03. The van der Waals surface area contributed by atoms with Gasteiger partial charge in [-0.25, -0.2) is 0 Å². The number of hydrogen-bond donors (Lipinski definition) is 1. The van der Waals surface area contributed by atoms with Crippen molar-refractivity contribution in [2.45, 2.75) is 6.42 Å². The molecule has 1 heterocycles. The van der Waals surface area contributed by atoms with Crippen LogP contribution in [-0.4, -0.2) is 22.2 Å². The molecule has 0 spiro atoms. The minimum Gasteiger partial charge on any atom is -0.352 e. The maximum absolute atomic E-state index is 11.7. The van der Waals surface area contributed by atoms with Gasteiger partial charge in [0.2, 0.25) is 0 Å². The molecule has 88 valence electrons. The average Bonchev–Trinajstić information content (AvgIpc) is 2.76. The number of carbonyl (C=O) groups is 1. The van der Waals surface area contributed by atoms with Crippen molar-refractivity contribution in [3.63, 3.8) is 0 Å². The Kier molecular flexibility index (Phi) is 3.55. The standard InChI is InChI=1S/C13H15N3O/c1-16-10-8-12(15-16)7-9-14-13(17)11-5-3-2-4-6-11/h2-6,8,10H,7,9H2,1H3,(H,14,17). The minimum atomic E-state index is -0.0402. The molecular weight excluding hydrogens is 214 g/mol. The van der Waals surface area contributed by atoms with Crippen molar-refractivity contribution in [1.29, 1.82) is 0 Å². The average molecular weight is 229 g/mol. The summed E-state index contributed by atoms with van der Waals surface area (Å²) in [4.78, 5) is 11.7. The number of nitrogens with zero attached hydrogens (tertiary/aromatic N) is 2. The van der Waals surface area contributed by atoms with E-state index in [-0.39, 0.29) is 5.91 Å². The van der Waals surface area contributed by atoms with Gasteiger partial charge in [-0.15, -0.1) is 0 Å². The number of aromatic nitrogens is 2. The highest BCUT2D eigenvalue weighted by molar-refractivity contribution is 5.94. The summed E-state index contributed by atoms with van der Waals surface area (Å²) in [7, 11) is 1.88. The number of benzene rings is 1. The van der Waals surface area contributed by atoms with Crippen LogP contribution >= 0.6 is 0 Å². The van der Waals surface area contributed by atoms with Crippen LogP contribution in [0, 0.1) is 0 Å². The van der Waals surface area contributed by atoms with Crippen LogP contribution in [0.25, 0.3) is 0 Å². The number of nitrogens with one attached hydrogen (secondary N) is 1. The van der Waals surface area contributed by atoms with Gasteiger partial charge in [-0.2, -0.15) is 5.10 Å². The number of amides is 1. The zero-order valence-electron chi connectivity index (χ0n) is 9.76. The summed E-state index contributed by atoms with van der Waals surface area (Å²) in [5, 5.41) is 7.11. The van der Waals surface area contributed by atoms with Gasteiger partial charge in [0, 0.05) is 31.8 Å². The van der Waals surface area contributed by atoms with Gasteiger partial charge in [-0.05, 0) is 18.2 Å². The molecule has 1 N–H and O–H groups in total. The predicted octanol–water partition coefficient (Wildman–Crippen LogP) is 1.39. The van der Waals surface area contributed by atoms with Crippen molar-refractivity contribution in [3.8, 4) is 0 Å². The van der Waals surface area contributed by atoms with Gasteiger partial charge in [0.25, 0.3) is 5.91 Å². The number of hydrogen-bond acceptors (Lipinski definition) is 2. The number of rotatable bonds is 4. The molecule has 0 bridgehead atoms. The summed E-state index contributed by atoms with van der Waals surface area (Å²) in [5.74, 6) is -0.0402. The van der Waals surface area contributed by atoms with E-state index >= 15 is 0 Å². The first-order valence-corrected chi connectivity index (χ1v) is 5.57. The lowest BCUT2D eigenvalue weighted by atomic mass is 10.2. The molecule has 17 heavy (non-hydrogen) atoms. The zero-order chi connectivity index (χ0) is 12.1. The summed E-state index contributed by atoms with van der Waals surface area (Å²) in [6, 6.07) is 11.2. The van der Waals surface area contributed by atoms with Gasteiger partial charge in [-0.3, -0.25) is 9.48 Å². The molecule has 1 amide bonds. The molecule has 4 heteroatoms. The molecule has 0 fully saturated rings. The van der Waals surface area contributed by atoms with Crippen molar-refractivity contribution in [2.24, 2.45) is 7.05 Å². The van der Waals surface area contributed by atoms with E-state index in [1.165, 1.54) is 0 Å². The summed E-state index contributed by atoms with van der Waals surface area (Å²) >= 11 is 0. The fourth-order valence-corrected chi connectivity index (χ4v) is 1.59. The second-order valence-electron chi connectivity index (χ2n) is 3.85. The Morgan fingerprint density at radius 1 is 1.29 bits per heavy atom. The summed E-state index contributed by atoms with van der Waals surface area (Å²) in [5.41, 5.74) is 1.68. The largest absolute Gasteiger partial charge is 0.352 e. The molecule has 0 aliphatic heterocycles. The second kappa shape index (κ2) is 5.30. The van der Waals surface area contributed by atoms with Crippen molar-refractivity contribution < 1.29 is 4.79 Å². The highest BCUT2D eigenvalue weighted by Gasteiger charge is 2.03. The van der Waals surface area contributed by atoms with Crippen molar-refractivity contribution in [1.82, 2.24) is 15.1 Å². The van der Waals surface area contributed by atoms with Crippen LogP contribution in [0.15, 0.2) is 42.6 Å². The van der Waals surface area contributed by atoms with Gasteiger partial charge in [0.1, 0.15) is 0 Å². The molecular formula is C13H15N3O. The Morgan fingerprint density at radius 3 is 2.71 bits per heavy atom. The molecule has 1 aromatic heterocycles. The minimum absolute atomic E-state index is 0.0402. The molecule has 1 aromatic carbocycles. The third kappa shape index (κ3) is 3.17. The van der Waals surface area contributed by atoms with Gasteiger partial charge in [0.15, 0.2) is 0 Å². The number of carbonyl (C=O) groups excluding carboxylic acids is 1. The van der Waals surface area contributed by atoms with Crippen LogP contribution in [0.3, 0.4) is 0 Å². The van der Waals surface area contributed by atoms with E-state index in [0.29, 0.717) is 12.1 Å². The number of aryl methyl sites for hydroxylation is 1. The normalized spacial score (nSPS) is 10.2. The van der Waals surface area contributed by atoms with Gasteiger partial charge < -0.3 is 5.32 Å². The Morgan fingerprint density at radius 2 is 2.06 bits per heavy atom. The van der Waals surface area contributed by atoms with E-state index in [2.05, 4.69) is 10.4 Å². The van der Waals surface area contributed by atoms with Crippen molar-refractivity contribution in [2.75, 3.05) is 6.54 Å². The second-order valence-corrected chi connectivity index (χ2v) is 3.85. The van der Waals surface area contributed by atoms with E-state index in [1.807, 2.05) is 37.5 Å². The third-order valence-corrected chi connectivity index (χ3v) is 2.47. The molecule has 0 saturated heterocycles. The van der Waals surface area contributed by atoms with E-state index in [0.717, 1.165) is 12.1 Å². The predicted molar refractivity (Wildman–Crippen MR) is 65.7 cm³/mol. The Balaban J connectivity index is 1.81. The molecule has 2 aromatic rings. The highest BCUT2D eigenvalue weighted by atomic mass is 16.1. The van der Waals surface area contributed by atoms with Crippen LogP contribution in [-0.2, 0) is 13.5 Å². The lowest BCUT2D eigenvalue weighted by Crippen LogP contribution is -2.25. The topological polar surface area (TPSA) is 46.9 Å². The zero-order valence-corrected chi connectivity index (χ0v) is 9.76. The summed E-state index contributed by atoms with van der Waals surface area (Å²) < 4.78 is 1.76.